The topological polar surface area (TPSA) is 67.9 Å². The largest absolute Gasteiger partial charge is 0.484 e. The van der Waals surface area contributed by atoms with Crippen LogP contribution in [-0.4, -0.2) is 48.6 Å². The maximum atomic E-state index is 13.3. The van der Waals surface area contributed by atoms with Crippen LogP contribution in [0.3, 0.4) is 0 Å². The summed E-state index contributed by atoms with van der Waals surface area (Å²) in [5, 5.41) is 2.85. The molecule has 0 fully saturated rings. The highest BCUT2D eigenvalue weighted by Crippen LogP contribution is 2.13. The number of carbonyl (C=O) groups is 2. The average Bonchev–Trinajstić information content (AvgIpc) is 2.76. The third-order valence-corrected chi connectivity index (χ3v) is 4.61. The number of hydrogen-bond acceptors (Lipinski definition) is 4. The van der Waals surface area contributed by atoms with Gasteiger partial charge in [0.15, 0.2) is 6.61 Å². The number of carbonyl (C=O) groups excluding carboxylic acids is 2. The predicted molar refractivity (Wildman–Crippen MR) is 117 cm³/mol. The third-order valence-electron chi connectivity index (χ3n) is 4.61. The molecule has 31 heavy (non-hydrogen) atoms. The molecule has 0 aliphatic carbocycles. The molecule has 2 rings (SSSR count). The van der Waals surface area contributed by atoms with E-state index < -0.39 is 6.04 Å². The number of nitrogens with one attached hydrogen (secondary N) is 1. The first kappa shape index (κ1) is 24.3. The van der Waals surface area contributed by atoms with Crippen LogP contribution in [-0.2, 0) is 20.9 Å². The van der Waals surface area contributed by atoms with Crippen molar-refractivity contribution in [2.45, 2.75) is 45.9 Å². The van der Waals surface area contributed by atoms with Gasteiger partial charge in [-0.05, 0) is 57.0 Å². The van der Waals surface area contributed by atoms with E-state index in [-0.39, 0.29) is 36.9 Å². The summed E-state index contributed by atoms with van der Waals surface area (Å²) < 4.78 is 24.3. The molecule has 0 unspecified atom stereocenters. The molecule has 0 aromatic heterocycles. The van der Waals surface area contributed by atoms with Gasteiger partial charge in [0, 0.05) is 19.7 Å². The highest BCUT2D eigenvalue weighted by Gasteiger charge is 2.26. The summed E-state index contributed by atoms with van der Waals surface area (Å²) in [4.78, 5) is 27.0. The zero-order chi connectivity index (χ0) is 22.6. The van der Waals surface area contributed by atoms with Gasteiger partial charge in [0.2, 0.25) is 5.91 Å². The average molecular weight is 431 g/mol. The zero-order valence-electron chi connectivity index (χ0n) is 18.3. The van der Waals surface area contributed by atoms with Gasteiger partial charge >= 0.3 is 0 Å². The Balaban J connectivity index is 2.00. The van der Waals surface area contributed by atoms with Gasteiger partial charge < -0.3 is 19.7 Å². The Labute approximate surface area is 183 Å². The fourth-order valence-electron chi connectivity index (χ4n) is 2.86. The van der Waals surface area contributed by atoms with E-state index in [9.17, 15) is 14.0 Å². The molecule has 2 aromatic carbocycles. The quantitative estimate of drug-likeness (QED) is 0.523. The molecule has 0 spiro atoms. The number of amides is 2. The summed E-state index contributed by atoms with van der Waals surface area (Å²) in [5.41, 5.74) is 0.722. The molecule has 7 heteroatoms. The Kier molecular flexibility index (Phi) is 9.97. The molecule has 0 saturated carbocycles. The second kappa shape index (κ2) is 12.7. The highest BCUT2D eigenvalue weighted by molar-refractivity contribution is 5.87. The predicted octanol–water partition coefficient (Wildman–Crippen LogP) is 3.55. The maximum absolute atomic E-state index is 13.3. The minimum Gasteiger partial charge on any atom is -0.484 e. The molecule has 0 radical (unpaired) electrons. The van der Waals surface area contributed by atoms with Crippen molar-refractivity contribution >= 4 is 11.8 Å². The van der Waals surface area contributed by atoms with E-state index in [1.165, 1.54) is 17.0 Å². The first-order valence-corrected chi connectivity index (χ1v) is 10.5. The first-order valence-electron chi connectivity index (χ1n) is 10.5. The lowest BCUT2D eigenvalue weighted by atomic mass is 10.1. The van der Waals surface area contributed by atoms with Crippen molar-refractivity contribution in [1.82, 2.24) is 10.2 Å². The Morgan fingerprint density at radius 2 is 1.71 bits per heavy atom. The van der Waals surface area contributed by atoms with Gasteiger partial charge in [-0.2, -0.15) is 0 Å². The van der Waals surface area contributed by atoms with E-state index in [1.807, 2.05) is 32.0 Å². The van der Waals surface area contributed by atoms with Gasteiger partial charge in [0.1, 0.15) is 17.6 Å². The van der Waals surface area contributed by atoms with Crippen LogP contribution in [0.25, 0.3) is 0 Å². The van der Waals surface area contributed by atoms with Gasteiger partial charge in [0.25, 0.3) is 5.91 Å². The molecular formula is C24H31FN2O4. The summed E-state index contributed by atoms with van der Waals surface area (Å²) in [6, 6.07) is 14.1. The Hall–Kier alpha value is -2.93. The monoisotopic (exact) mass is 430 g/mol. The van der Waals surface area contributed by atoms with E-state index in [0.29, 0.717) is 25.3 Å². The summed E-state index contributed by atoms with van der Waals surface area (Å²) in [7, 11) is 0. The van der Waals surface area contributed by atoms with Gasteiger partial charge in [-0.25, -0.2) is 4.39 Å². The summed E-state index contributed by atoms with van der Waals surface area (Å²) in [5.74, 6) is -0.387. The van der Waals surface area contributed by atoms with Gasteiger partial charge in [-0.1, -0.05) is 30.3 Å². The van der Waals surface area contributed by atoms with Crippen LogP contribution in [0.5, 0.6) is 5.75 Å². The lowest BCUT2D eigenvalue weighted by Gasteiger charge is -2.28. The number of para-hydroxylation sites is 1. The molecule has 1 atom stereocenters. The molecule has 0 saturated heterocycles. The van der Waals surface area contributed by atoms with Crippen molar-refractivity contribution < 1.29 is 23.5 Å². The second-order valence-corrected chi connectivity index (χ2v) is 7.49. The van der Waals surface area contributed by atoms with Gasteiger partial charge in [0.05, 0.1) is 6.10 Å². The normalized spacial score (nSPS) is 11.8. The van der Waals surface area contributed by atoms with Crippen LogP contribution in [0.15, 0.2) is 54.6 Å². The molecule has 6 nitrogen and oxygen atoms in total. The summed E-state index contributed by atoms with van der Waals surface area (Å²) in [6.45, 7) is 6.55. The van der Waals surface area contributed by atoms with E-state index in [1.54, 1.807) is 31.2 Å². The molecular weight excluding hydrogens is 399 g/mol. The number of nitrogens with zero attached hydrogens (tertiary/aromatic N) is 1. The van der Waals surface area contributed by atoms with Crippen LogP contribution >= 0.6 is 0 Å². The van der Waals surface area contributed by atoms with Crippen molar-refractivity contribution in [3.05, 3.63) is 66.0 Å². The third kappa shape index (κ3) is 8.76. The molecule has 168 valence electrons. The molecule has 2 aromatic rings. The van der Waals surface area contributed by atoms with Crippen LogP contribution in [0.4, 0.5) is 4.39 Å². The van der Waals surface area contributed by atoms with Crippen LogP contribution in [0.2, 0.25) is 0 Å². The van der Waals surface area contributed by atoms with Crippen LogP contribution in [0, 0.1) is 5.82 Å². The lowest BCUT2D eigenvalue weighted by Crippen LogP contribution is -2.49. The molecule has 0 bridgehead atoms. The Bertz CT molecular complexity index is 812. The Morgan fingerprint density at radius 3 is 2.35 bits per heavy atom. The van der Waals surface area contributed by atoms with Crippen molar-refractivity contribution in [2.24, 2.45) is 0 Å². The van der Waals surface area contributed by atoms with Crippen molar-refractivity contribution in [1.29, 1.82) is 0 Å². The van der Waals surface area contributed by atoms with Gasteiger partial charge in [-0.15, -0.1) is 0 Å². The number of rotatable bonds is 12. The van der Waals surface area contributed by atoms with Crippen molar-refractivity contribution in [2.75, 3.05) is 19.8 Å². The number of ether oxygens (including phenoxy) is 2. The molecule has 2 amide bonds. The summed E-state index contributed by atoms with van der Waals surface area (Å²) in [6.07, 6.45) is 0.822. The summed E-state index contributed by atoms with van der Waals surface area (Å²) >= 11 is 0. The van der Waals surface area contributed by atoms with Crippen LogP contribution < -0.4 is 10.1 Å². The first-order chi connectivity index (χ1) is 14.9. The molecule has 0 aliphatic heterocycles. The second-order valence-electron chi connectivity index (χ2n) is 7.49. The fraction of sp³-hybridized carbons (Fsp3) is 0.417. The standard InChI is InChI=1S/C24H31FN2O4/c1-18(2)30-15-7-14-26-24(29)19(3)27(16-20-10-12-21(25)13-11-20)23(28)17-31-22-8-5-4-6-9-22/h4-6,8-13,18-19H,7,14-17H2,1-3H3,(H,26,29)/t19-/m0/s1. The molecule has 0 heterocycles. The van der Waals surface area contributed by atoms with Crippen molar-refractivity contribution in [3.8, 4) is 5.75 Å². The number of halogens is 1. The van der Waals surface area contributed by atoms with E-state index >= 15 is 0 Å². The fourth-order valence-corrected chi connectivity index (χ4v) is 2.86. The number of benzene rings is 2. The van der Waals surface area contributed by atoms with E-state index in [4.69, 9.17) is 9.47 Å². The zero-order valence-corrected chi connectivity index (χ0v) is 18.3. The lowest BCUT2D eigenvalue weighted by molar-refractivity contribution is -0.142. The highest BCUT2D eigenvalue weighted by atomic mass is 19.1. The van der Waals surface area contributed by atoms with E-state index in [0.717, 1.165) is 5.56 Å². The smallest absolute Gasteiger partial charge is 0.261 e. The SMILES string of the molecule is CC(C)OCCCNC(=O)[C@H](C)N(Cc1ccc(F)cc1)C(=O)COc1ccccc1. The molecule has 0 aliphatic rings. The minimum absolute atomic E-state index is 0.142. The molecule has 1 N–H and O–H groups in total. The van der Waals surface area contributed by atoms with E-state index in [2.05, 4.69) is 5.32 Å². The Morgan fingerprint density at radius 1 is 1.03 bits per heavy atom. The maximum Gasteiger partial charge on any atom is 0.261 e. The van der Waals surface area contributed by atoms with Crippen LogP contribution in [0.1, 0.15) is 32.8 Å². The minimum atomic E-state index is -0.719. The number of hydrogen-bond donors (Lipinski definition) is 1. The van der Waals surface area contributed by atoms with Gasteiger partial charge in [-0.3, -0.25) is 9.59 Å². The van der Waals surface area contributed by atoms with Crippen molar-refractivity contribution in [3.63, 3.8) is 0 Å².